The van der Waals surface area contributed by atoms with Gasteiger partial charge in [0.15, 0.2) is 0 Å². The molecular weight excluding hydrogens is 593 g/mol. The van der Waals surface area contributed by atoms with Crippen molar-refractivity contribution in [1.29, 1.82) is 0 Å². The number of hydrogen-bond donors (Lipinski definition) is 1. The molecule has 0 bridgehead atoms. The third-order valence-electron chi connectivity index (χ3n) is 7.87. The van der Waals surface area contributed by atoms with Gasteiger partial charge in [0, 0.05) is 12.6 Å². The number of sulfonamides is 1. The zero-order chi connectivity index (χ0) is 30.6. The Hall–Kier alpha value is -3.07. The normalized spacial score (nSPS) is 14.4. The van der Waals surface area contributed by atoms with Crippen molar-refractivity contribution in [2.24, 2.45) is 0 Å². The number of rotatable bonds is 10. The number of carbonyl (C=O) groups excluding carboxylic acids is 2. The predicted octanol–water partition coefficient (Wildman–Crippen LogP) is 6.59. The minimum atomic E-state index is -4.13. The van der Waals surface area contributed by atoms with Gasteiger partial charge in [-0.25, -0.2) is 8.42 Å². The van der Waals surface area contributed by atoms with Crippen LogP contribution in [0.5, 0.6) is 0 Å². The van der Waals surface area contributed by atoms with Crippen LogP contribution in [0.15, 0.2) is 65.6 Å². The second-order valence-corrected chi connectivity index (χ2v) is 13.7. The lowest BCUT2D eigenvalue weighted by atomic mass is 10.1. The second kappa shape index (κ2) is 13.5. The first-order valence-electron chi connectivity index (χ1n) is 14.1. The molecular formula is C32H37Cl2N3O4S. The number of halogens is 2. The molecule has 7 nitrogen and oxygen atoms in total. The minimum Gasteiger partial charge on any atom is -0.352 e. The van der Waals surface area contributed by atoms with E-state index in [2.05, 4.69) is 5.32 Å². The molecule has 1 aliphatic carbocycles. The summed E-state index contributed by atoms with van der Waals surface area (Å²) in [5, 5.41) is 3.76. The SMILES string of the molecule is Cc1ccc(S(=O)(=O)N(CC(=O)N(Cc2ccc(Cl)c(Cl)c2)C(C)C(=O)NC2CCCC2)c2ccc(C)c(C)c2)cc1. The number of carbonyl (C=O) groups is 2. The van der Waals surface area contributed by atoms with Crippen LogP contribution in [0, 0.1) is 20.8 Å². The van der Waals surface area contributed by atoms with E-state index in [0.717, 1.165) is 46.7 Å². The molecule has 224 valence electrons. The molecule has 2 amide bonds. The van der Waals surface area contributed by atoms with E-state index in [1.807, 2.05) is 26.8 Å². The Kier molecular flexibility index (Phi) is 10.2. The lowest BCUT2D eigenvalue weighted by Crippen LogP contribution is -2.52. The van der Waals surface area contributed by atoms with Gasteiger partial charge in [0.25, 0.3) is 10.0 Å². The van der Waals surface area contributed by atoms with E-state index in [-0.39, 0.29) is 23.4 Å². The van der Waals surface area contributed by atoms with Crippen molar-refractivity contribution in [1.82, 2.24) is 10.2 Å². The third-order valence-corrected chi connectivity index (χ3v) is 10.4. The monoisotopic (exact) mass is 629 g/mol. The summed E-state index contributed by atoms with van der Waals surface area (Å²) >= 11 is 12.4. The summed E-state index contributed by atoms with van der Waals surface area (Å²) in [6.45, 7) is 6.91. The molecule has 0 aliphatic heterocycles. The average molecular weight is 631 g/mol. The number of amides is 2. The average Bonchev–Trinajstić information content (AvgIpc) is 3.46. The van der Waals surface area contributed by atoms with Crippen molar-refractivity contribution in [2.75, 3.05) is 10.8 Å². The molecule has 3 aromatic carbocycles. The fourth-order valence-electron chi connectivity index (χ4n) is 5.06. The minimum absolute atomic E-state index is 0.0420. The van der Waals surface area contributed by atoms with E-state index >= 15 is 0 Å². The van der Waals surface area contributed by atoms with Gasteiger partial charge in [-0.3, -0.25) is 13.9 Å². The molecule has 0 radical (unpaired) electrons. The lowest BCUT2D eigenvalue weighted by Gasteiger charge is -2.32. The van der Waals surface area contributed by atoms with Gasteiger partial charge in [-0.2, -0.15) is 0 Å². The Morgan fingerprint density at radius 3 is 2.19 bits per heavy atom. The summed E-state index contributed by atoms with van der Waals surface area (Å²) in [5.41, 5.74) is 3.83. The van der Waals surface area contributed by atoms with Crippen molar-refractivity contribution in [3.05, 3.63) is 93.0 Å². The first-order valence-corrected chi connectivity index (χ1v) is 16.3. The molecule has 1 unspecified atom stereocenters. The van der Waals surface area contributed by atoms with Gasteiger partial charge in [-0.15, -0.1) is 0 Å². The van der Waals surface area contributed by atoms with E-state index in [1.54, 1.807) is 49.4 Å². The number of hydrogen-bond acceptors (Lipinski definition) is 4. The topological polar surface area (TPSA) is 86.8 Å². The largest absolute Gasteiger partial charge is 0.352 e. The summed E-state index contributed by atoms with van der Waals surface area (Å²) in [4.78, 5) is 29.0. The van der Waals surface area contributed by atoms with Crippen LogP contribution in [0.4, 0.5) is 5.69 Å². The zero-order valence-corrected chi connectivity index (χ0v) is 26.7. The van der Waals surface area contributed by atoms with Gasteiger partial charge in [0.1, 0.15) is 12.6 Å². The maximum Gasteiger partial charge on any atom is 0.264 e. The first-order chi connectivity index (χ1) is 19.9. The van der Waals surface area contributed by atoms with E-state index < -0.39 is 28.5 Å². The van der Waals surface area contributed by atoms with Crippen molar-refractivity contribution in [3.63, 3.8) is 0 Å². The Balaban J connectivity index is 1.71. The third kappa shape index (κ3) is 7.46. The van der Waals surface area contributed by atoms with E-state index in [9.17, 15) is 18.0 Å². The smallest absolute Gasteiger partial charge is 0.264 e. The lowest BCUT2D eigenvalue weighted by molar-refractivity contribution is -0.139. The Bertz CT molecular complexity index is 1550. The van der Waals surface area contributed by atoms with Crippen LogP contribution in [0.2, 0.25) is 10.0 Å². The molecule has 1 atom stereocenters. The van der Waals surface area contributed by atoms with E-state index in [0.29, 0.717) is 21.3 Å². The highest BCUT2D eigenvalue weighted by Gasteiger charge is 2.33. The summed E-state index contributed by atoms with van der Waals surface area (Å²) in [6, 6.07) is 16.0. The highest BCUT2D eigenvalue weighted by Crippen LogP contribution is 2.28. The number of anilines is 1. The molecule has 1 fully saturated rings. The molecule has 4 rings (SSSR count). The molecule has 3 aromatic rings. The zero-order valence-electron chi connectivity index (χ0n) is 24.4. The summed E-state index contributed by atoms with van der Waals surface area (Å²) in [6.07, 6.45) is 3.89. The molecule has 0 saturated heterocycles. The molecule has 0 spiro atoms. The second-order valence-electron chi connectivity index (χ2n) is 11.0. The number of aryl methyl sites for hydroxylation is 3. The molecule has 1 N–H and O–H groups in total. The van der Waals surface area contributed by atoms with Crippen LogP contribution in [0.25, 0.3) is 0 Å². The van der Waals surface area contributed by atoms with Crippen LogP contribution in [-0.4, -0.2) is 43.8 Å². The Morgan fingerprint density at radius 1 is 0.905 bits per heavy atom. The summed E-state index contributed by atoms with van der Waals surface area (Å²) in [5.74, 6) is -0.807. The fraction of sp³-hybridized carbons (Fsp3) is 0.375. The molecule has 10 heteroatoms. The van der Waals surface area contributed by atoms with Crippen LogP contribution in [-0.2, 0) is 26.2 Å². The van der Waals surface area contributed by atoms with Gasteiger partial charge in [0.05, 0.1) is 20.6 Å². The molecule has 1 aliphatic rings. The number of nitrogens with one attached hydrogen (secondary N) is 1. The highest BCUT2D eigenvalue weighted by atomic mass is 35.5. The number of nitrogens with zero attached hydrogens (tertiary/aromatic N) is 2. The van der Waals surface area contributed by atoms with E-state index in [1.165, 1.54) is 17.0 Å². The standard InChI is InChI=1S/C32H37Cl2N3O4S/c1-21-9-14-28(15-10-21)42(40,41)37(27-13-11-22(2)23(3)17-27)20-31(38)36(19-25-12-16-29(33)30(34)18-25)24(4)32(39)35-26-7-5-6-8-26/h9-18,24,26H,5-8,19-20H2,1-4H3,(H,35,39). The molecule has 42 heavy (non-hydrogen) atoms. The maximum absolute atomic E-state index is 14.1. The Morgan fingerprint density at radius 2 is 1.57 bits per heavy atom. The van der Waals surface area contributed by atoms with E-state index in [4.69, 9.17) is 23.2 Å². The van der Waals surface area contributed by atoms with Crippen molar-refractivity contribution in [2.45, 2.75) is 76.9 Å². The Labute approximate surface area is 258 Å². The van der Waals surface area contributed by atoms with Crippen molar-refractivity contribution in [3.8, 4) is 0 Å². The number of benzene rings is 3. The van der Waals surface area contributed by atoms with Gasteiger partial charge in [-0.1, -0.05) is 65.9 Å². The van der Waals surface area contributed by atoms with Gasteiger partial charge < -0.3 is 10.2 Å². The van der Waals surface area contributed by atoms with Crippen LogP contribution < -0.4 is 9.62 Å². The first kappa shape index (κ1) is 31.9. The summed E-state index contributed by atoms with van der Waals surface area (Å²) in [7, 11) is -4.13. The summed E-state index contributed by atoms with van der Waals surface area (Å²) < 4.78 is 29.2. The van der Waals surface area contributed by atoms with Crippen LogP contribution in [0.3, 0.4) is 0 Å². The fourth-order valence-corrected chi connectivity index (χ4v) is 6.78. The van der Waals surface area contributed by atoms with Gasteiger partial charge in [0.2, 0.25) is 11.8 Å². The van der Waals surface area contributed by atoms with Crippen molar-refractivity contribution >= 4 is 50.7 Å². The van der Waals surface area contributed by atoms with Crippen LogP contribution >= 0.6 is 23.2 Å². The maximum atomic E-state index is 14.1. The van der Waals surface area contributed by atoms with Gasteiger partial charge in [-0.05, 0) is 93.6 Å². The highest BCUT2D eigenvalue weighted by molar-refractivity contribution is 7.92. The van der Waals surface area contributed by atoms with Gasteiger partial charge >= 0.3 is 0 Å². The molecule has 0 aromatic heterocycles. The predicted molar refractivity (Wildman–Crippen MR) is 168 cm³/mol. The molecule has 0 heterocycles. The van der Waals surface area contributed by atoms with Crippen LogP contribution in [0.1, 0.15) is 54.9 Å². The quantitative estimate of drug-likeness (QED) is 0.274. The van der Waals surface area contributed by atoms with Crippen molar-refractivity contribution < 1.29 is 18.0 Å². The molecule has 1 saturated carbocycles.